The second-order valence-corrected chi connectivity index (χ2v) is 10.3. The third-order valence-corrected chi connectivity index (χ3v) is 8.12. The van der Waals surface area contributed by atoms with Gasteiger partial charge in [0.25, 0.3) is 7.14 Å². The summed E-state index contributed by atoms with van der Waals surface area (Å²) in [6, 6.07) is 9.84. The van der Waals surface area contributed by atoms with Crippen molar-refractivity contribution >= 4 is 23.5 Å². The monoisotopic (exact) mass is 544 g/mol. The van der Waals surface area contributed by atoms with Gasteiger partial charge < -0.3 is 14.0 Å². The van der Waals surface area contributed by atoms with Gasteiger partial charge in [-0.15, -0.1) is 0 Å². The number of hydrogen-bond donors (Lipinski definition) is 0. The molecule has 3 aromatic carbocycles. The molecule has 196 valence electrons. The minimum atomic E-state index is -5.55. The lowest BCUT2D eigenvalue weighted by atomic mass is 10.0. The molecular weight excluding hydrogens is 525 g/mol. The van der Waals surface area contributed by atoms with Crippen molar-refractivity contribution in [1.82, 2.24) is 0 Å². The van der Waals surface area contributed by atoms with Crippen molar-refractivity contribution < 1.29 is 50.0 Å². The van der Waals surface area contributed by atoms with Crippen LogP contribution in [0.15, 0.2) is 60.7 Å². The average molecular weight is 544 g/mol. The van der Waals surface area contributed by atoms with Gasteiger partial charge in [-0.25, -0.2) is 0 Å². The minimum absolute atomic E-state index is 0.253. The van der Waals surface area contributed by atoms with Crippen molar-refractivity contribution in [2.45, 2.75) is 19.3 Å². The van der Waals surface area contributed by atoms with Crippen molar-refractivity contribution in [3.63, 3.8) is 0 Å². The Morgan fingerprint density at radius 1 is 0.730 bits per heavy atom. The Morgan fingerprint density at radius 2 is 1.19 bits per heavy atom. The first-order valence-corrected chi connectivity index (χ1v) is 12.1. The molecule has 12 heteroatoms. The zero-order chi connectivity index (χ0) is 27.8. The van der Waals surface area contributed by atoms with Crippen LogP contribution in [0.25, 0.3) is 0 Å². The van der Waals surface area contributed by atoms with Crippen LogP contribution in [0.3, 0.4) is 0 Å². The van der Waals surface area contributed by atoms with E-state index in [1.807, 2.05) is 0 Å². The van der Waals surface area contributed by atoms with Gasteiger partial charge in [-0.05, 0) is 36.8 Å². The van der Waals surface area contributed by atoms with Crippen LogP contribution in [0.4, 0.5) is 26.3 Å². The Labute approximate surface area is 207 Å². The number of methoxy groups -OCH3 is 2. The minimum Gasteiger partial charge on any atom is -0.496 e. The van der Waals surface area contributed by atoms with Crippen LogP contribution in [-0.4, -0.2) is 25.3 Å². The number of benzene rings is 3. The molecule has 37 heavy (non-hydrogen) atoms. The number of ether oxygens (including phenoxy) is 2. The number of hydrogen-bond acceptors (Lipinski definition) is 5. The number of rotatable bonds is 7. The van der Waals surface area contributed by atoms with E-state index in [-0.39, 0.29) is 29.2 Å². The first-order chi connectivity index (χ1) is 17.2. The lowest BCUT2D eigenvalue weighted by Gasteiger charge is -2.24. The third kappa shape index (κ3) is 5.13. The van der Waals surface area contributed by atoms with Crippen LogP contribution in [-0.2, 0) is 16.9 Å². The summed E-state index contributed by atoms with van der Waals surface area (Å²) in [4.78, 5) is 27.5. The van der Waals surface area contributed by atoms with E-state index < -0.39 is 52.5 Å². The number of alkyl halides is 6. The van der Waals surface area contributed by atoms with E-state index in [1.165, 1.54) is 30.3 Å². The van der Waals surface area contributed by atoms with Crippen LogP contribution in [0.1, 0.15) is 37.4 Å². The van der Waals surface area contributed by atoms with Gasteiger partial charge in [0.1, 0.15) is 16.8 Å². The van der Waals surface area contributed by atoms with E-state index >= 15 is 0 Å². The summed E-state index contributed by atoms with van der Waals surface area (Å²) in [6.07, 6.45) is -10.9. The zero-order valence-corrected chi connectivity index (χ0v) is 20.4. The SMILES string of the molecule is COc1cc(C)cc(OC)c1P(=O)(C(=O)c1ccccc1)C(=O)c1c(C(F)(F)F)cccc1C(F)(F)F. The van der Waals surface area contributed by atoms with Crippen LogP contribution in [0.2, 0.25) is 0 Å². The van der Waals surface area contributed by atoms with Crippen molar-refractivity contribution in [3.05, 3.63) is 88.5 Å². The maximum Gasteiger partial charge on any atom is 0.417 e. The Hall–Kier alpha value is -3.59. The first kappa shape index (κ1) is 28.0. The Bertz CT molecular complexity index is 1340. The fourth-order valence-electron chi connectivity index (χ4n) is 3.81. The molecule has 0 spiro atoms. The highest BCUT2D eigenvalue weighted by atomic mass is 31.2. The van der Waals surface area contributed by atoms with Crippen molar-refractivity contribution in [1.29, 1.82) is 0 Å². The fourth-order valence-corrected chi connectivity index (χ4v) is 6.40. The van der Waals surface area contributed by atoms with Crippen LogP contribution >= 0.6 is 7.14 Å². The molecule has 0 aliphatic carbocycles. The molecule has 3 rings (SSSR count). The Morgan fingerprint density at radius 3 is 1.59 bits per heavy atom. The molecule has 0 aromatic heterocycles. The predicted octanol–water partition coefficient (Wildman–Crippen LogP) is 6.72. The molecule has 0 saturated heterocycles. The highest BCUT2D eigenvalue weighted by molar-refractivity contribution is 8.01. The van der Waals surface area contributed by atoms with E-state index in [9.17, 15) is 40.5 Å². The van der Waals surface area contributed by atoms with Crippen LogP contribution in [0, 0.1) is 6.92 Å². The summed E-state index contributed by atoms with van der Waals surface area (Å²) < 4.78 is 108. The molecule has 5 nitrogen and oxygen atoms in total. The average Bonchev–Trinajstić information content (AvgIpc) is 2.85. The van der Waals surface area contributed by atoms with Gasteiger partial charge in [0.05, 0.1) is 30.9 Å². The normalized spacial score (nSPS) is 13.5. The maximum atomic E-state index is 14.7. The van der Waals surface area contributed by atoms with Crippen molar-refractivity contribution in [3.8, 4) is 11.5 Å². The lowest BCUT2D eigenvalue weighted by molar-refractivity contribution is -0.143. The summed E-state index contributed by atoms with van der Waals surface area (Å²) in [5.41, 5.74) is -9.49. The van der Waals surface area contributed by atoms with E-state index in [4.69, 9.17) is 9.47 Å². The van der Waals surface area contributed by atoms with Crippen LogP contribution < -0.4 is 14.8 Å². The molecule has 0 aliphatic rings. The highest BCUT2D eigenvalue weighted by Crippen LogP contribution is 2.57. The fraction of sp³-hybridized carbons (Fsp3) is 0.200. The van der Waals surface area contributed by atoms with E-state index in [0.717, 1.165) is 26.4 Å². The highest BCUT2D eigenvalue weighted by Gasteiger charge is 2.52. The summed E-state index contributed by atoms with van der Waals surface area (Å²) in [7, 11) is -3.40. The largest absolute Gasteiger partial charge is 0.496 e. The molecule has 0 radical (unpaired) electrons. The summed E-state index contributed by atoms with van der Waals surface area (Å²) >= 11 is 0. The van der Waals surface area contributed by atoms with Crippen molar-refractivity contribution in [2.24, 2.45) is 0 Å². The Kier molecular flexibility index (Phi) is 7.60. The molecule has 3 aromatic rings. The van der Waals surface area contributed by atoms with E-state index in [1.54, 1.807) is 6.92 Å². The number of halogens is 6. The van der Waals surface area contributed by atoms with Gasteiger partial charge in [0, 0.05) is 5.56 Å². The molecule has 0 amide bonds. The van der Waals surface area contributed by atoms with E-state index in [2.05, 4.69) is 0 Å². The number of aryl methyl sites for hydroxylation is 1. The van der Waals surface area contributed by atoms with Gasteiger partial charge in [-0.1, -0.05) is 36.4 Å². The number of carbonyl (C=O) groups is 2. The summed E-state index contributed by atoms with van der Waals surface area (Å²) in [5.74, 6) is -0.758. The lowest BCUT2D eigenvalue weighted by Crippen LogP contribution is -2.27. The number of carbonyl (C=O) groups excluding carboxylic acids is 2. The van der Waals surface area contributed by atoms with Gasteiger partial charge in [0.2, 0.25) is 11.0 Å². The summed E-state index contributed by atoms with van der Waals surface area (Å²) in [5, 5.41) is -0.743. The molecule has 0 aliphatic heterocycles. The standard InChI is InChI=1S/C25H19F6O5P/c1-14-12-18(35-2)21(19(13-14)36-3)37(34,22(32)15-8-5-4-6-9-15)23(33)20-16(24(26,27)28)10-7-11-17(20)25(29,30)31/h4-13H,1-3H3. The summed E-state index contributed by atoms with van der Waals surface area (Å²) in [6.45, 7) is 1.54. The van der Waals surface area contributed by atoms with Crippen molar-refractivity contribution in [2.75, 3.05) is 14.2 Å². The van der Waals surface area contributed by atoms with Gasteiger partial charge in [-0.3, -0.25) is 9.59 Å². The molecule has 0 fully saturated rings. The first-order valence-electron chi connectivity index (χ1n) is 10.4. The second kappa shape index (κ2) is 10.0. The zero-order valence-electron chi connectivity index (χ0n) is 19.5. The van der Waals surface area contributed by atoms with Gasteiger partial charge in [-0.2, -0.15) is 26.3 Å². The van der Waals surface area contributed by atoms with Gasteiger partial charge in [0.15, 0.2) is 0 Å². The predicted molar refractivity (Wildman–Crippen MR) is 123 cm³/mol. The molecule has 1 atom stereocenters. The second-order valence-electron chi connectivity index (χ2n) is 7.83. The van der Waals surface area contributed by atoms with E-state index in [0.29, 0.717) is 11.6 Å². The quantitative estimate of drug-likeness (QED) is 0.244. The van der Waals surface area contributed by atoms with Crippen LogP contribution in [0.5, 0.6) is 11.5 Å². The molecule has 0 N–H and O–H groups in total. The molecular formula is C25H19F6O5P. The van der Waals surface area contributed by atoms with Gasteiger partial charge >= 0.3 is 12.4 Å². The topological polar surface area (TPSA) is 69.7 Å². The molecule has 0 heterocycles. The smallest absolute Gasteiger partial charge is 0.417 e. The molecule has 0 bridgehead atoms. The molecule has 0 saturated carbocycles. The Balaban J connectivity index is 2.53. The molecule has 1 unspecified atom stereocenters. The third-order valence-electron chi connectivity index (χ3n) is 5.42. The maximum absolute atomic E-state index is 14.7.